The Hall–Kier alpha value is -1.79. The van der Waals surface area contributed by atoms with Crippen LogP contribution in [0.15, 0.2) is 18.2 Å². The third-order valence-electron chi connectivity index (χ3n) is 2.15. The summed E-state index contributed by atoms with van der Waals surface area (Å²) in [6.45, 7) is 0.976. The number of carbonyl (C=O) groups is 1. The number of ether oxygens (including phenoxy) is 3. The highest BCUT2D eigenvalue weighted by Gasteiger charge is 2.13. The van der Waals surface area contributed by atoms with Gasteiger partial charge in [-0.05, 0) is 12.1 Å². The number of nitrogens with one attached hydrogen (secondary N) is 1. The van der Waals surface area contributed by atoms with Crippen LogP contribution in [-0.2, 0) is 9.53 Å². The lowest BCUT2D eigenvalue weighted by Crippen LogP contribution is -2.20. The van der Waals surface area contributed by atoms with E-state index in [0.29, 0.717) is 30.3 Å². The van der Waals surface area contributed by atoms with Crippen LogP contribution < -0.4 is 20.5 Å². The average Bonchev–Trinajstić information content (AvgIpc) is 2.76. The third-order valence-corrected chi connectivity index (χ3v) is 2.15. The lowest BCUT2D eigenvalue weighted by Gasteiger charge is -2.06. The van der Waals surface area contributed by atoms with Crippen LogP contribution in [0, 0.1) is 0 Å². The van der Waals surface area contributed by atoms with E-state index in [4.69, 9.17) is 19.9 Å². The van der Waals surface area contributed by atoms with E-state index in [-0.39, 0.29) is 19.3 Å². The standard InChI is InChI=1S/C11H14N2O4/c12-3-4-15-6-11(14)13-8-1-2-9-10(5-8)17-7-16-9/h1-2,5H,3-4,6-7,12H2,(H,13,14). The first kappa shape index (κ1) is 11.7. The van der Waals surface area contributed by atoms with Crippen molar-refractivity contribution in [2.24, 2.45) is 5.73 Å². The van der Waals surface area contributed by atoms with Crippen molar-refractivity contribution in [2.45, 2.75) is 0 Å². The number of anilines is 1. The van der Waals surface area contributed by atoms with Gasteiger partial charge >= 0.3 is 0 Å². The highest BCUT2D eigenvalue weighted by Crippen LogP contribution is 2.34. The van der Waals surface area contributed by atoms with E-state index in [9.17, 15) is 4.79 Å². The van der Waals surface area contributed by atoms with Crippen LogP contribution in [0.1, 0.15) is 0 Å². The summed E-state index contributed by atoms with van der Waals surface area (Å²) in [6, 6.07) is 5.20. The summed E-state index contributed by atoms with van der Waals surface area (Å²) in [5.74, 6) is 1.09. The first-order valence-corrected chi connectivity index (χ1v) is 5.27. The van der Waals surface area contributed by atoms with Crippen molar-refractivity contribution < 1.29 is 19.0 Å². The van der Waals surface area contributed by atoms with Gasteiger partial charge in [-0.2, -0.15) is 0 Å². The van der Waals surface area contributed by atoms with E-state index in [1.54, 1.807) is 18.2 Å². The molecule has 17 heavy (non-hydrogen) atoms. The molecule has 0 atom stereocenters. The molecule has 1 aromatic rings. The van der Waals surface area contributed by atoms with Crippen LogP contribution in [-0.4, -0.2) is 32.5 Å². The Morgan fingerprint density at radius 2 is 2.24 bits per heavy atom. The van der Waals surface area contributed by atoms with Crippen molar-refractivity contribution in [1.29, 1.82) is 0 Å². The first-order valence-electron chi connectivity index (χ1n) is 5.27. The van der Waals surface area contributed by atoms with E-state index in [1.165, 1.54) is 0 Å². The van der Waals surface area contributed by atoms with Crippen LogP contribution in [0.3, 0.4) is 0 Å². The maximum atomic E-state index is 11.4. The molecule has 0 spiro atoms. The van der Waals surface area contributed by atoms with Crippen LogP contribution in [0.2, 0.25) is 0 Å². The predicted molar refractivity (Wildman–Crippen MR) is 61.1 cm³/mol. The zero-order valence-corrected chi connectivity index (χ0v) is 9.27. The lowest BCUT2D eigenvalue weighted by atomic mass is 10.3. The molecule has 1 amide bonds. The van der Waals surface area contributed by atoms with Crippen molar-refractivity contribution in [3.8, 4) is 11.5 Å². The monoisotopic (exact) mass is 238 g/mol. The summed E-state index contributed by atoms with van der Waals surface area (Å²) < 4.78 is 15.4. The molecule has 92 valence electrons. The molecule has 0 aromatic heterocycles. The van der Waals surface area contributed by atoms with Gasteiger partial charge in [0.15, 0.2) is 11.5 Å². The van der Waals surface area contributed by atoms with Gasteiger partial charge in [-0.25, -0.2) is 0 Å². The van der Waals surface area contributed by atoms with Crippen LogP contribution in [0.25, 0.3) is 0 Å². The summed E-state index contributed by atoms with van der Waals surface area (Å²) in [6.07, 6.45) is 0. The molecule has 0 aliphatic carbocycles. The van der Waals surface area contributed by atoms with Crippen molar-refractivity contribution >= 4 is 11.6 Å². The molecule has 3 N–H and O–H groups in total. The molecule has 1 aromatic carbocycles. The van der Waals surface area contributed by atoms with Crippen molar-refractivity contribution in [3.63, 3.8) is 0 Å². The summed E-state index contributed by atoms with van der Waals surface area (Å²) in [5, 5.41) is 2.69. The number of nitrogens with two attached hydrogens (primary N) is 1. The van der Waals surface area contributed by atoms with Gasteiger partial charge in [-0.3, -0.25) is 4.79 Å². The first-order chi connectivity index (χ1) is 8.29. The maximum Gasteiger partial charge on any atom is 0.250 e. The normalized spacial score (nSPS) is 12.5. The SMILES string of the molecule is NCCOCC(=O)Nc1ccc2c(c1)OCO2. The Kier molecular flexibility index (Phi) is 3.79. The smallest absolute Gasteiger partial charge is 0.250 e. The quantitative estimate of drug-likeness (QED) is 0.722. The average molecular weight is 238 g/mol. The molecule has 0 saturated carbocycles. The molecule has 1 aliphatic heterocycles. The van der Waals surface area contributed by atoms with E-state index in [0.717, 1.165) is 0 Å². The second-order valence-corrected chi connectivity index (χ2v) is 3.46. The van der Waals surface area contributed by atoms with Crippen molar-refractivity contribution in [3.05, 3.63) is 18.2 Å². The van der Waals surface area contributed by atoms with Gasteiger partial charge in [0, 0.05) is 18.3 Å². The number of hydrogen-bond acceptors (Lipinski definition) is 5. The second-order valence-electron chi connectivity index (χ2n) is 3.46. The van der Waals surface area contributed by atoms with Gasteiger partial charge < -0.3 is 25.3 Å². The van der Waals surface area contributed by atoms with Crippen LogP contribution in [0.5, 0.6) is 11.5 Å². The molecule has 0 radical (unpaired) electrons. The molecule has 0 unspecified atom stereocenters. The molecular formula is C11H14N2O4. The largest absolute Gasteiger partial charge is 0.454 e. The summed E-state index contributed by atoms with van der Waals surface area (Å²) in [7, 11) is 0. The number of fused-ring (bicyclic) bond motifs is 1. The minimum atomic E-state index is -0.225. The van der Waals surface area contributed by atoms with E-state index >= 15 is 0 Å². The van der Waals surface area contributed by atoms with E-state index < -0.39 is 0 Å². The molecule has 1 heterocycles. The second kappa shape index (κ2) is 5.51. The van der Waals surface area contributed by atoms with Gasteiger partial charge in [0.25, 0.3) is 0 Å². The fourth-order valence-corrected chi connectivity index (χ4v) is 1.42. The lowest BCUT2D eigenvalue weighted by molar-refractivity contribution is -0.120. The highest BCUT2D eigenvalue weighted by atomic mass is 16.7. The third kappa shape index (κ3) is 3.08. The van der Waals surface area contributed by atoms with Gasteiger partial charge in [0.05, 0.1) is 6.61 Å². The van der Waals surface area contributed by atoms with E-state index in [2.05, 4.69) is 5.32 Å². The Bertz CT molecular complexity index is 408. The topological polar surface area (TPSA) is 82.8 Å². The van der Waals surface area contributed by atoms with Crippen molar-refractivity contribution in [1.82, 2.24) is 0 Å². The number of benzene rings is 1. The molecule has 1 aliphatic rings. The number of rotatable bonds is 5. The fraction of sp³-hybridized carbons (Fsp3) is 0.364. The fourth-order valence-electron chi connectivity index (χ4n) is 1.42. The van der Waals surface area contributed by atoms with Gasteiger partial charge in [0.2, 0.25) is 12.7 Å². The van der Waals surface area contributed by atoms with Gasteiger partial charge in [0.1, 0.15) is 6.61 Å². The predicted octanol–water partition coefficient (Wildman–Crippen LogP) is 0.329. The highest BCUT2D eigenvalue weighted by molar-refractivity contribution is 5.92. The molecule has 0 saturated heterocycles. The molecular weight excluding hydrogens is 224 g/mol. The number of carbonyl (C=O) groups excluding carboxylic acids is 1. The van der Waals surface area contributed by atoms with Gasteiger partial charge in [-0.1, -0.05) is 0 Å². The molecule has 0 bridgehead atoms. The Labute approximate surface area is 98.6 Å². The minimum Gasteiger partial charge on any atom is -0.454 e. The minimum absolute atomic E-state index is 0.00829. The van der Waals surface area contributed by atoms with Crippen LogP contribution >= 0.6 is 0 Å². The summed E-state index contributed by atoms with van der Waals surface area (Å²) in [4.78, 5) is 11.4. The summed E-state index contributed by atoms with van der Waals surface area (Å²) in [5.41, 5.74) is 5.89. The molecule has 6 nitrogen and oxygen atoms in total. The number of amides is 1. The molecule has 0 fully saturated rings. The molecule has 2 rings (SSSR count). The zero-order chi connectivity index (χ0) is 12.1. The Morgan fingerprint density at radius 3 is 3.06 bits per heavy atom. The Morgan fingerprint density at radius 1 is 1.41 bits per heavy atom. The van der Waals surface area contributed by atoms with E-state index in [1.807, 2.05) is 0 Å². The Balaban J connectivity index is 1.88. The summed E-state index contributed by atoms with van der Waals surface area (Å²) >= 11 is 0. The van der Waals surface area contributed by atoms with Crippen molar-refractivity contribution in [2.75, 3.05) is 31.9 Å². The maximum absolute atomic E-state index is 11.4. The number of hydrogen-bond donors (Lipinski definition) is 2. The van der Waals surface area contributed by atoms with Crippen LogP contribution in [0.4, 0.5) is 5.69 Å². The zero-order valence-electron chi connectivity index (χ0n) is 9.27. The molecule has 6 heteroatoms. The van der Waals surface area contributed by atoms with Gasteiger partial charge in [-0.15, -0.1) is 0 Å².